The summed E-state index contributed by atoms with van der Waals surface area (Å²) >= 11 is 0. The van der Waals surface area contributed by atoms with E-state index in [9.17, 15) is 19.8 Å². The summed E-state index contributed by atoms with van der Waals surface area (Å²) in [6.45, 7) is 4.93. The van der Waals surface area contributed by atoms with Crippen LogP contribution < -0.4 is 5.32 Å². The van der Waals surface area contributed by atoms with Crippen LogP contribution in [-0.2, 0) is 14.3 Å². The van der Waals surface area contributed by atoms with Crippen LogP contribution in [0.4, 0.5) is 0 Å². The Morgan fingerprint density at radius 1 is 0.452 bits per heavy atom. The van der Waals surface area contributed by atoms with Crippen LogP contribution in [0.25, 0.3) is 0 Å². The summed E-state index contributed by atoms with van der Waals surface area (Å²) in [6, 6.07) is -0.547. The highest BCUT2D eigenvalue weighted by atomic mass is 16.5. The van der Waals surface area contributed by atoms with Crippen LogP contribution in [-0.4, -0.2) is 47.4 Å². The zero-order chi connectivity index (χ0) is 45.1. The molecular formula is C56H107NO5. The van der Waals surface area contributed by atoms with Crippen molar-refractivity contribution < 1.29 is 24.5 Å². The number of hydrogen-bond acceptors (Lipinski definition) is 5. The fourth-order valence-corrected chi connectivity index (χ4v) is 8.49. The normalized spacial score (nSPS) is 12.8. The minimum atomic E-state index is -0.669. The van der Waals surface area contributed by atoms with Gasteiger partial charge in [0.2, 0.25) is 5.91 Å². The summed E-state index contributed by atoms with van der Waals surface area (Å²) in [5.74, 6) is -0.0397. The number of carbonyl (C=O) groups excluding carboxylic acids is 2. The third-order valence-electron chi connectivity index (χ3n) is 12.8. The van der Waals surface area contributed by atoms with Gasteiger partial charge in [-0.2, -0.15) is 0 Å². The third kappa shape index (κ3) is 47.8. The molecule has 6 heteroatoms. The van der Waals surface area contributed by atoms with Gasteiger partial charge >= 0.3 is 5.97 Å². The largest absolute Gasteiger partial charge is 0.466 e. The molecule has 2 atom stereocenters. The molecule has 0 fully saturated rings. The first kappa shape index (κ1) is 60.3. The number of carbonyl (C=O) groups is 2. The van der Waals surface area contributed by atoms with Crippen LogP contribution in [0.5, 0.6) is 0 Å². The van der Waals surface area contributed by atoms with Gasteiger partial charge in [0, 0.05) is 12.8 Å². The number of unbranched alkanes of at least 4 members (excludes halogenated alkanes) is 36. The molecule has 0 aliphatic carbocycles. The van der Waals surface area contributed by atoms with Gasteiger partial charge < -0.3 is 20.3 Å². The molecule has 2 unspecified atom stereocenters. The fourth-order valence-electron chi connectivity index (χ4n) is 8.49. The molecule has 1 amide bonds. The Morgan fingerprint density at radius 3 is 1.23 bits per heavy atom. The standard InChI is InChI=1S/C56H107NO5/c1-3-5-7-9-11-13-28-32-36-40-44-48-54(59)53(52-58)57-55(60)49-45-41-37-33-30-26-24-22-20-18-16-15-17-19-21-23-25-27-31-35-39-43-47-51-62-56(61)50-46-42-38-34-29-14-12-10-8-6-4-2/h15,17-18,20,53-54,58-59H,3-14,16,19,21-52H2,1-2H3,(H,57,60)/b17-15-,20-18-. The highest BCUT2D eigenvalue weighted by Gasteiger charge is 2.20. The number of rotatable bonds is 51. The molecule has 0 bridgehead atoms. The summed E-state index contributed by atoms with van der Waals surface area (Å²) in [5, 5.41) is 23.1. The van der Waals surface area contributed by atoms with E-state index in [0.717, 1.165) is 51.4 Å². The van der Waals surface area contributed by atoms with Gasteiger partial charge in [-0.25, -0.2) is 0 Å². The van der Waals surface area contributed by atoms with Crippen LogP contribution in [0.1, 0.15) is 296 Å². The summed E-state index contributed by atoms with van der Waals surface area (Å²) in [5.41, 5.74) is 0. The Kier molecular flexibility index (Phi) is 50.6. The lowest BCUT2D eigenvalue weighted by Gasteiger charge is -2.22. The first-order chi connectivity index (χ1) is 30.5. The minimum absolute atomic E-state index is 0.00655. The molecule has 0 saturated carbocycles. The van der Waals surface area contributed by atoms with E-state index in [-0.39, 0.29) is 18.5 Å². The maximum atomic E-state index is 12.4. The molecule has 0 rings (SSSR count). The molecule has 0 aromatic rings. The Bertz CT molecular complexity index is 966. The smallest absolute Gasteiger partial charge is 0.305 e. The van der Waals surface area contributed by atoms with Gasteiger partial charge in [0.15, 0.2) is 0 Å². The van der Waals surface area contributed by atoms with Crippen molar-refractivity contribution >= 4 is 11.9 Å². The number of nitrogens with one attached hydrogen (secondary N) is 1. The second-order valence-electron chi connectivity index (χ2n) is 18.9. The molecule has 3 N–H and O–H groups in total. The molecule has 0 aromatic heterocycles. The molecule has 0 radical (unpaired) electrons. The summed E-state index contributed by atoms with van der Waals surface area (Å²) in [4.78, 5) is 24.4. The van der Waals surface area contributed by atoms with E-state index >= 15 is 0 Å². The SMILES string of the molecule is CCCCCCCCCCCCCC(=O)OCCCCCCCCCCC/C=C\C/C=C\CCCCCCCCCC(=O)NC(CO)C(O)CCCCCCCCCCCCC. The zero-order valence-corrected chi connectivity index (χ0v) is 41.6. The number of aliphatic hydroxyl groups excluding tert-OH is 2. The number of hydrogen-bond donors (Lipinski definition) is 3. The molecule has 0 aromatic carbocycles. The molecule has 366 valence electrons. The van der Waals surface area contributed by atoms with Crippen molar-refractivity contribution in [2.24, 2.45) is 0 Å². The van der Waals surface area contributed by atoms with Crippen LogP contribution in [0.2, 0.25) is 0 Å². The zero-order valence-electron chi connectivity index (χ0n) is 41.6. The van der Waals surface area contributed by atoms with E-state index in [1.165, 1.54) is 212 Å². The summed E-state index contributed by atoms with van der Waals surface area (Å²) in [7, 11) is 0. The average Bonchev–Trinajstić information content (AvgIpc) is 3.27. The van der Waals surface area contributed by atoms with Crippen LogP contribution in [0.3, 0.4) is 0 Å². The monoisotopic (exact) mass is 874 g/mol. The van der Waals surface area contributed by atoms with Crippen molar-refractivity contribution in [1.29, 1.82) is 0 Å². The van der Waals surface area contributed by atoms with Crippen molar-refractivity contribution in [3.63, 3.8) is 0 Å². The van der Waals surface area contributed by atoms with E-state index in [4.69, 9.17) is 4.74 Å². The molecule has 0 spiro atoms. The highest BCUT2D eigenvalue weighted by Crippen LogP contribution is 2.16. The van der Waals surface area contributed by atoms with Gasteiger partial charge in [0.25, 0.3) is 0 Å². The quantitative estimate of drug-likeness (QED) is 0.0321. The van der Waals surface area contributed by atoms with E-state index < -0.39 is 12.1 Å². The predicted molar refractivity (Wildman–Crippen MR) is 269 cm³/mol. The average molecular weight is 874 g/mol. The van der Waals surface area contributed by atoms with Crippen LogP contribution in [0.15, 0.2) is 24.3 Å². The lowest BCUT2D eigenvalue weighted by atomic mass is 10.0. The Hall–Kier alpha value is -1.66. The molecule has 0 aliphatic heterocycles. The Balaban J connectivity index is 3.44. The van der Waals surface area contributed by atoms with Crippen molar-refractivity contribution in [1.82, 2.24) is 5.32 Å². The second-order valence-corrected chi connectivity index (χ2v) is 18.9. The molecule has 6 nitrogen and oxygen atoms in total. The maximum absolute atomic E-state index is 12.4. The van der Waals surface area contributed by atoms with E-state index in [1.807, 2.05) is 0 Å². The Morgan fingerprint density at radius 2 is 0.806 bits per heavy atom. The fraction of sp³-hybridized carbons (Fsp3) is 0.893. The maximum Gasteiger partial charge on any atom is 0.305 e. The van der Waals surface area contributed by atoms with Crippen LogP contribution in [0, 0.1) is 0 Å². The topological polar surface area (TPSA) is 95.9 Å². The van der Waals surface area contributed by atoms with Gasteiger partial charge in [-0.05, 0) is 57.8 Å². The van der Waals surface area contributed by atoms with Gasteiger partial charge in [0.05, 0.1) is 25.4 Å². The molecule has 0 aliphatic rings. The van der Waals surface area contributed by atoms with Crippen molar-refractivity contribution in [2.75, 3.05) is 13.2 Å². The van der Waals surface area contributed by atoms with E-state index in [2.05, 4.69) is 43.5 Å². The molecule has 0 saturated heterocycles. The number of amides is 1. The van der Waals surface area contributed by atoms with Crippen molar-refractivity contribution in [3.05, 3.63) is 24.3 Å². The highest BCUT2D eigenvalue weighted by molar-refractivity contribution is 5.76. The first-order valence-electron chi connectivity index (χ1n) is 27.6. The van der Waals surface area contributed by atoms with Gasteiger partial charge in [-0.3, -0.25) is 9.59 Å². The molecular weight excluding hydrogens is 767 g/mol. The first-order valence-corrected chi connectivity index (χ1v) is 27.6. The van der Waals surface area contributed by atoms with Crippen molar-refractivity contribution in [3.8, 4) is 0 Å². The molecule has 0 heterocycles. The third-order valence-corrected chi connectivity index (χ3v) is 12.8. The van der Waals surface area contributed by atoms with E-state index in [0.29, 0.717) is 25.9 Å². The van der Waals surface area contributed by atoms with Gasteiger partial charge in [-0.15, -0.1) is 0 Å². The van der Waals surface area contributed by atoms with Gasteiger partial charge in [0.1, 0.15) is 0 Å². The number of ether oxygens (including phenoxy) is 1. The Labute approximate surface area is 386 Å². The van der Waals surface area contributed by atoms with Gasteiger partial charge in [-0.1, -0.05) is 250 Å². The second kappa shape index (κ2) is 52.0. The summed E-state index contributed by atoms with van der Waals surface area (Å²) in [6.07, 6.45) is 61.7. The minimum Gasteiger partial charge on any atom is -0.466 e. The predicted octanol–water partition coefficient (Wildman–Crippen LogP) is 16.7. The lowest BCUT2D eigenvalue weighted by molar-refractivity contribution is -0.143. The van der Waals surface area contributed by atoms with Crippen LogP contribution >= 0.6 is 0 Å². The molecule has 62 heavy (non-hydrogen) atoms. The van der Waals surface area contributed by atoms with E-state index in [1.54, 1.807) is 0 Å². The number of allylic oxidation sites excluding steroid dienone is 4. The number of aliphatic hydroxyl groups is 2. The summed E-state index contributed by atoms with van der Waals surface area (Å²) < 4.78 is 5.45. The van der Waals surface area contributed by atoms with Crippen molar-refractivity contribution in [2.45, 2.75) is 309 Å². The number of esters is 1. The lowest BCUT2D eigenvalue weighted by Crippen LogP contribution is -2.45.